The molecule has 1 atom stereocenters. The average Bonchev–Trinajstić information content (AvgIpc) is 3.57. The first-order valence-corrected chi connectivity index (χ1v) is 10.9. The quantitative estimate of drug-likeness (QED) is 0.444. The van der Waals surface area contributed by atoms with Crippen molar-refractivity contribution >= 4 is 34.0 Å². The van der Waals surface area contributed by atoms with E-state index < -0.39 is 0 Å². The lowest BCUT2D eigenvalue weighted by Crippen LogP contribution is -2.33. The molecule has 162 valence electrons. The van der Waals surface area contributed by atoms with Crippen molar-refractivity contribution in [3.05, 3.63) is 81.9 Å². The highest BCUT2D eigenvalue weighted by Gasteiger charge is 2.34. The van der Waals surface area contributed by atoms with Crippen molar-refractivity contribution in [2.75, 3.05) is 11.4 Å². The van der Waals surface area contributed by atoms with Crippen molar-refractivity contribution in [2.45, 2.75) is 18.9 Å². The van der Waals surface area contributed by atoms with Crippen LogP contribution in [-0.2, 0) is 0 Å². The van der Waals surface area contributed by atoms with Gasteiger partial charge in [-0.1, -0.05) is 29.8 Å². The number of nitrogens with one attached hydrogen (secondary N) is 1. The van der Waals surface area contributed by atoms with Crippen LogP contribution < -0.4 is 10.5 Å². The number of para-hydroxylation sites is 1. The number of H-pyrrole nitrogens is 1. The summed E-state index contributed by atoms with van der Waals surface area (Å²) in [6.07, 6.45) is 6.48. The van der Waals surface area contributed by atoms with E-state index in [2.05, 4.69) is 25.9 Å². The Balaban J connectivity index is 1.61. The maximum Gasteiger partial charge on any atom is 0.284 e. The Hall–Kier alpha value is -4.16. The van der Waals surface area contributed by atoms with Gasteiger partial charge in [0.25, 0.3) is 5.56 Å². The molecule has 0 aliphatic carbocycles. The Kier molecular flexibility index (Phi) is 4.41. The number of nitriles is 1. The number of aromatic amines is 1. The van der Waals surface area contributed by atoms with Gasteiger partial charge in [-0.2, -0.15) is 10.4 Å². The monoisotopic (exact) mass is 456 g/mol. The van der Waals surface area contributed by atoms with Gasteiger partial charge in [0.2, 0.25) is 0 Å². The predicted molar refractivity (Wildman–Crippen MR) is 124 cm³/mol. The van der Waals surface area contributed by atoms with E-state index in [4.69, 9.17) is 16.7 Å². The molecule has 1 aliphatic heterocycles. The molecule has 1 aromatic carbocycles. The first-order chi connectivity index (χ1) is 16.2. The molecule has 4 aromatic heterocycles. The Morgan fingerprint density at radius 3 is 2.85 bits per heavy atom. The summed E-state index contributed by atoms with van der Waals surface area (Å²) in [6, 6.07) is 13.1. The SMILES string of the molecule is N#Cc1c[nH]c2ncnc(N3CCC[C@H]3c3nn4ccc(Cl)c4c(=O)n3-c3ccccc3)c12. The number of anilines is 1. The van der Waals surface area contributed by atoms with Crippen molar-refractivity contribution in [1.82, 2.24) is 29.1 Å². The summed E-state index contributed by atoms with van der Waals surface area (Å²) in [5.74, 6) is 1.24. The van der Waals surface area contributed by atoms with Crippen LogP contribution in [0.1, 0.15) is 30.3 Å². The van der Waals surface area contributed by atoms with Crippen molar-refractivity contribution in [1.29, 1.82) is 5.26 Å². The molecule has 10 heteroatoms. The van der Waals surface area contributed by atoms with Gasteiger partial charge in [-0.25, -0.2) is 14.5 Å². The molecule has 5 aromatic rings. The zero-order valence-electron chi connectivity index (χ0n) is 17.3. The van der Waals surface area contributed by atoms with Crippen LogP contribution in [0.5, 0.6) is 0 Å². The van der Waals surface area contributed by atoms with Crippen molar-refractivity contribution in [2.24, 2.45) is 0 Å². The van der Waals surface area contributed by atoms with Gasteiger partial charge in [0.1, 0.15) is 29.4 Å². The summed E-state index contributed by atoms with van der Waals surface area (Å²) in [7, 11) is 0. The van der Waals surface area contributed by atoms with Crippen molar-refractivity contribution < 1.29 is 0 Å². The topological polar surface area (TPSA) is 108 Å². The minimum absolute atomic E-state index is 0.233. The van der Waals surface area contributed by atoms with E-state index in [1.807, 2.05) is 30.3 Å². The van der Waals surface area contributed by atoms with E-state index in [0.717, 1.165) is 12.8 Å². The van der Waals surface area contributed by atoms with E-state index in [0.29, 0.717) is 51.0 Å². The number of hydrogen-bond acceptors (Lipinski definition) is 6. The van der Waals surface area contributed by atoms with E-state index in [1.165, 1.54) is 6.33 Å². The fourth-order valence-corrected chi connectivity index (χ4v) is 4.85. The Morgan fingerprint density at radius 1 is 1.18 bits per heavy atom. The molecule has 0 spiro atoms. The summed E-state index contributed by atoms with van der Waals surface area (Å²) >= 11 is 6.32. The lowest BCUT2D eigenvalue weighted by Gasteiger charge is -2.27. The molecule has 0 bridgehead atoms. The summed E-state index contributed by atoms with van der Waals surface area (Å²) in [5.41, 5.74) is 1.88. The second-order valence-corrected chi connectivity index (χ2v) is 8.28. The van der Waals surface area contributed by atoms with E-state index in [-0.39, 0.29) is 11.6 Å². The van der Waals surface area contributed by atoms with Crippen LogP contribution in [0, 0.1) is 11.3 Å². The largest absolute Gasteiger partial charge is 0.346 e. The number of aromatic nitrogens is 6. The lowest BCUT2D eigenvalue weighted by molar-refractivity contribution is 0.602. The molecule has 0 unspecified atom stereocenters. The number of rotatable bonds is 3. The third kappa shape index (κ3) is 2.92. The van der Waals surface area contributed by atoms with Crippen LogP contribution in [0.2, 0.25) is 5.02 Å². The Bertz CT molecular complexity index is 1610. The van der Waals surface area contributed by atoms with E-state index in [9.17, 15) is 10.1 Å². The molecule has 1 aliphatic rings. The summed E-state index contributed by atoms with van der Waals surface area (Å²) in [5, 5.41) is 15.5. The van der Waals surface area contributed by atoms with Crippen LogP contribution in [0.15, 0.2) is 59.9 Å². The normalized spacial score (nSPS) is 16.0. The standard InChI is InChI=1S/C23H17ClN8O/c24-16-8-10-31-19(16)23(33)32(15-5-2-1-3-6-15)21(29-31)17-7-4-9-30(17)22-18-14(11-25)12-26-20(18)27-13-28-22/h1-3,5-6,8,10,12-13,17H,4,7,9H2,(H,26,27,28)/t17-/m0/s1. The molecule has 5 heterocycles. The number of fused-ring (bicyclic) bond motifs is 2. The van der Waals surface area contributed by atoms with E-state index >= 15 is 0 Å². The molecular formula is C23H17ClN8O. The van der Waals surface area contributed by atoms with Crippen LogP contribution in [0.25, 0.3) is 22.2 Å². The van der Waals surface area contributed by atoms with Gasteiger partial charge in [-0.05, 0) is 31.0 Å². The van der Waals surface area contributed by atoms with Crippen molar-refractivity contribution in [3.8, 4) is 11.8 Å². The maximum absolute atomic E-state index is 13.6. The highest BCUT2D eigenvalue weighted by molar-refractivity contribution is 6.33. The fourth-order valence-electron chi connectivity index (χ4n) is 4.63. The number of benzene rings is 1. The van der Waals surface area contributed by atoms with Crippen LogP contribution in [0.4, 0.5) is 5.82 Å². The van der Waals surface area contributed by atoms with Gasteiger partial charge in [0.15, 0.2) is 5.82 Å². The Morgan fingerprint density at radius 2 is 2.03 bits per heavy atom. The molecule has 0 amide bonds. The second kappa shape index (κ2) is 7.46. The highest BCUT2D eigenvalue weighted by Crippen LogP contribution is 2.38. The molecule has 0 radical (unpaired) electrons. The minimum atomic E-state index is -0.236. The van der Waals surface area contributed by atoms with Crippen molar-refractivity contribution in [3.63, 3.8) is 0 Å². The smallest absolute Gasteiger partial charge is 0.284 e. The third-order valence-electron chi connectivity index (χ3n) is 6.07. The van der Waals surface area contributed by atoms with E-state index in [1.54, 1.807) is 27.5 Å². The van der Waals surface area contributed by atoms with Crippen LogP contribution >= 0.6 is 11.6 Å². The van der Waals surface area contributed by atoms with Gasteiger partial charge in [0.05, 0.1) is 27.7 Å². The number of hydrogen-bond donors (Lipinski definition) is 1. The average molecular weight is 457 g/mol. The molecule has 6 rings (SSSR count). The molecule has 0 saturated carbocycles. The zero-order valence-corrected chi connectivity index (χ0v) is 18.1. The lowest BCUT2D eigenvalue weighted by atomic mass is 10.1. The number of nitrogens with zero attached hydrogens (tertiary/aromatic N) is 7. The minimum Gasteiger partial charge on any atom is -0.346 e. The Labute approximate surface area is 192 Å². The highest BCUT2D eigenvalue weighted by atomic mass is 35.5. The fraction of sp³-hybridized carbons (Fsp3) is 0.174. The van der Waals surface area contributed by atoms with Crippen LogP contribution in [0.3, 0.4) is 0 Å². The molecule has 33 heavy (non-hydrogen) atoms. The summed E-state index contributed by atoms with van der Waals surface area (Å²) < 4.78 is 3.17. The van der Waals surface area contributed by atoms with Gasteiger partial charge in [-0.15, -0.1) is 0 Å². The summed E-state index contributed by atoms with van der Waals surface area (Å²) in [6.45, 7) is 0.710. The van der Waals surface area contributed by atoms with Gasteiger partial charge < -0.3 is 9.88 Å². The molecule has 1 fully saturated rings. The van der Waals surface area contributed by atoms with Gasteiger partial charge in [-0.3, -0.25) is 9.36 Å². The predicted octanol–water partition coefficient (Wildman–Crippen LogP) is 3.62. The third-order valence-corrected chi connectivity index (χ3v) is 6.37. The molecular weight excluding hydrogens is 440 g/mol. The van der Waals surface area contributed by atoms with Gasteiger partial charge in [0, 0.05) is 18.9 Å². The first kappa shape index (κ1) is 19.5. The molecule has 9 nitrogen and oxygen atoms in total. The van der Waals surface area contributed by atoms with Crippen LogP contribution in [-0.4, -0.2) is 35.7 Å². The molecule has 1 saturated heterocycles. The zero-order chi connectivity index (χ0) is 22.5. The summed E-state index contributed by atoms with van der Waals surface area (Å²) in [4.78, 5) is 27.6. The first-order valence-electron chi connectivity index (χ1n) is 10.5. The maximum atomic E-state index is 13.6. The second-order valence-electron chi connectivity index (χ2n) is 7.88. The molecule has 1 N–H and O–H groups in total. The number of halogens is 1. The van der Waals surface area contributed by atoms with Gasteiger partial charge >= 0.3 is 0 Å².